The summed E-state index contributed by atoms with van der Waals surface area (Å²) < 4.78 is 0. The molecule has 0 aromatic heterocycles. The second-order valence-electron chi connectivity index (χ2n) is 12.4. The zero-order chi connectivity index (χ0) is 37.1. The predicted octanol–water partition coefficient (Wildman–Crippen LogP) is -3.47. The molecule has 0 aliphatic carbocycles. The Kier molecular flexibility index (Phi) is 19.8. The van der Waals surface area contributed by atoms with Crippen LogP contribution in [-0.4, -0.2) is 102 Å². The number of nitrogens with two attached hydrogens (primary N) is 5. The molecule has 19 nitrogen and oxygen atoms in total. The third-order valence-electron chi connectivity index (χ3n) is 7.09. The van der Waals surface area contributed by atoms with Crippen molar-refractivity contribution in [2.24, 2.45) is 56.4 Å². The molecule has 0 aromatic rings. The van der Waals surface area contributed by atoms with Crippen LogP contribution < -0.4 is 55.3 Å². The smallest absolute Gasteiger partial charge is 0.326 e. The second kappa shape index (κ2) is 22.0. The van der Waals surface area contributed by atoms with Gasteiger partial charge in [0.25, 0.3) is 0 Å². The maximum atomic E-state index is 13.5. The van der Waals surface area contributed by atoms with Crippen LogP contribution in [0.1, 0.15) is 67.2 Å². The van der Waals surface area contributed by atoms with Crippen LogP contribution >= 0.6 is 0 Å². The van der Waals surface area contributed by atoms with Gasteiger partial charge in [0, 0.05) is 13.1 Å². The Balaban J connectivity index is 5.84. The summed E-state index contributed by atoms with van der Waals surface area (Å²) in [5, 5.41) is 22.3. The van der Waals surface area contributed by atoms with Crippen LogP contribution in [0.3, 0.4) is 0 Å². The largest absolute Gasteiger partial charge is 0.480 e. The number of carbonyl (C=O) groups excluding carboxylic acids is 5. The minimum atomic E-state index is -1.28. The Morgan fingerprint density at radius 1 is 0.604 bits per heavy atom. The van der Waals surface area contributed by atoms with Crippen molar-refractivity contribution in [1.82, 2.24) is 26.6 Å². The zero-order valence-electron chi connectivity index (χ0n) is 28.7. The third kappa shape index (κ3) is 17.3. The first-order chi connectivity index (χ1) is 22.3. The van der Waals surface area contributed by atoms with E-state index in [0.29, 0.717) is 0 Å². The molecule has 0 saturated carbocycles. The monoisotopic (exact) mass is 684 g/mol. The number of carbonyl (C=O) groups is 6. The van der Waals surface area contributed by atoms with E-state index in [0.717, 1.165) is 0 Å². The minimum absolute atomic E-state index is 0.0244. The molecule has 5 atom stereocenters. The lowest BCUT2D eigenvalue weighted by Gasteiger charge is -2.28. The minimum Gasteiger partial charge on any atom is -0.480 e. The molecular formula is C29H56N12O7. The number of carboxylic acid groups (broad SMARTS) is 1. The van der Waals surface area contributed by atoms with Crippen molar-refractivity contribution >= 4 is 47.4 Å². The topological polar surface area (TPSA) is 338 Å². The van der Waals surface area contributed by atoms with Crippen molar-refractivity contribution in [1.29, 1.82) is 0 Å². The molecule has 0 radical (unpaired) electrons. The van der Waals surface area contributed by atoms with Crippen molar-refractivity contribution in [3.05, 3.63) is 0 Å². The van der Waals surface area contributed by atoms with Crippen molar-refractivity contribution in [3.8, 4) is 0 Å². The highest BCUT2D eigenvalue weighted by Gasteiger charge is 2.33. The van der Waals surface area contributed by atoms with Crippen LogP contribution in [0.25, 0.3) is 0 Å². The highest BCUT2D eigenvalue weighted by Crippen LogP contribution is 2.09. The Labute approximate surface area is 281 Å². The SMILES string of the molecule is CC(C)[C@H](N)C(=O)NCC(=O)N[C@H](C(=O)N[C@@H](CCCN=C(N)N)C(=O)N[C@H](C(=O)N[C@@H](CCCN=C(N)N)C(=O)O)C(C)C)C(C)C. The molecule has 0 unspecified atom stereocenters. The van der Waals surface area contributed by atoms with Crippen LogP contribution in [-0.2, 0) is 28.8 Å². The molecule has 0 aromatic carbocycles. The lowest BCUT2D eigenvalue weighted by Crippen LogP contribution is -2.59. The van der Waals surface area contributed by atoms with E-state index < -0.39 is 84.1 Å². The maximum Gasteiger partial charge on any atom is 0.326 e. The van der Waals surface area contributed by atoms with E-state index >= 15 is 0 Å². The number of guanidine groups is 2. The van der Waals surface area contributed by atoms with E-state index in [2.05, 4.69) is 36.6 Å². The molecule has 0 heterocycles. The molecule has 0 aliphatic rings. The number of hydrogen-bond donors (Lipinski definition) is 11. The van der Waals surface area contributed by atoms with E-state index in [1.165, 1.54) is 0 Å². The van der Waals surface area contributed by atoms with Crippen LogP contribution in [0, 0.1) is 17.8 Å². The quantitative estimate of drug-likeness (QED) is 0.0301. The highest BCUT2D eigenvalue weighted by atomic mass is 16.4. The maximum absolute atomic E-state index is 13.5. The standard InChI is InChI=1S/C29H56N12O7/c1-14(2)20(30)24(44)37-13-19(42)40-21(15(3)4)25(45)38-17(9-7-11-35-28(31)32)23(43)41-22(16(5)6)26(46)39-18(27(47)48)10-8-12-36-29(33)34/h14-18,20-22H,7-13,30H2,1-6H3,(H,37,44)(H,38,45)(H,39,46)(H,40,42)(H,41,43)(H,47,48)(H4,31,32,35)(H4,33,34,36)/t17-,18-,20-,21-,22-/m0/s1. The van der Waals surface area contributed by atoms with Crippen molar-refractivity contribution in [3.63, 3.8) is 0 Å². The fraction of sp³-hybridized carbons (Fsp3) is 0.724. The summed E-state index contributed by atoms with van der Waals surface area (Å²) in [4.78, 5) is 84.4. The predicted molar refractivity (Wildman–Crippen MR) is 181 cm³/mol. The molecule has 0 bridgehead atoms. The van der Waals surface area contributed by atoms with Gasteiger partial charge in [-0.25, -0.2) is 4.79 Å². The number of rotatable bonds is 22. The molecule has 0 fully saturated rings. The fourth-order valence-corrected chi connectivity index (χ4v) is 4.19. The Morgan fingerprint density at radius 2 is 1.04 bits per heavy atom. The molecular weight excluding hydrogens is 628 g/mol. The van der Waals surface area contributed by atoms with Gasteiger partial charge in [0.2, 0.25) is 29.5 Å². The summed E-state index contributed by atoms with van der Waals surface area (Å²) >= 11 is 0. The molecule has 0 aliphatic heterocycles. The Morgan fingerprint density at radius 3 is 1.46 bits per heavy atom. The lowest BCUT2D eigenvalue weighted by molar-refractivity contribution is -0.142. The van der Waals surface area contributed by atoms with Gasteiger partial charge in [0.05, 0.1) is 12.6 Å². The first-order valence-electron chi connectivity index (χ1n) is 15.9. The zero-order valence-corrected chi connectivity index (χ0v) is 28.7. The lowest BCUT2D eigenvalue weighted by atomic mass is 10.00. The summed E-state index contributed by atoms with van der Waals surface area (Å²) in [6.07, 6.45) is 0.595. The van der Waals surface area contributed by atoms with Gasteiger partial charge in [0.1, 0.15) is 24.2 Å². The number of aliphatic carboxylic acids is 1. The van der Waals surface area contributed by atoms with E-state index in [9.17, 15) is 33.9 Å². The molecule has 0 spiro atoms. The first kappa shape index (κ1) is 43.3. The summed E-state index contributed by atoms with van der Waals surface area (Å²) in [7, 11) is 0. The summed E-state index contributed by atoms with van der Waals surface area (Å²) in [6.45, 7) is 10.1. The fourth-order valence-electron chi connectivity index (χ4n) is 4.19. The molecule has 5 amide bonds. The third-order valence-corrected chi connectivity index (χ3v) is 7.09. The van der Waals surface area contributed by atoms with Crippen molar-refractivity contribution in [2.45, 2.75) is 97.4 Å². The van der Waals surface area contributed by atoms with Crippen LogP contribution in [0.4, 0.5) is 0 Å². The molecule has 19 heteroatoms. The average Bonchev–Trinajstić information content (AvgIpc) is 2.98. The van der Waals surface area contributed by atoms with Gasteiger partial charge in [-0.3, -0.25) is 34.0 Å². The number of aliphatic imine (C=N–C) groups is 2. The Bertz CT molecular complexity index is 1150. The van der Waals surface area contributed by atoms with E-state index in [4.69, 9.17) is 28.7 Å². The average molecular weight is 685 g/mol. The van der Waals surface area contributed by atoms with Gasteiger partial charge in [0.15, 0.2) is 11.9 Å². The summed E-state index contributed by atoms with van der Waals surface area (Å²) in [5.74, 6) is -5.99. The second-order valence-corrected chi connectivity index (χ2v) is 12.4. The van der Waals surface area contributed by atoms with Crippen molar-refractivity contribution < 1.29 is 33.9 Å². The first-order valence-corrected chi connectivity index (χ1v) is 15.9. The number of nitrogens with one attached hydrogen (secondary N) is 5. The van der Waals surface area contributed by atoms with E-state index in [-0.39, 0.29) is 56.6 Å². The van der Waals surface area contributed by atoms with Gasteiger partial charge < -0.3 is 60.4 Å². The number of amides is 5. The van der Waals surface area contributed by atoms with Crippen molar-refractivity contribution in [2.75, 3.05) is 19.6 Å². The van der Waals surface area contributed by atoms with Gasteiger partial charge in [-0.05, 0) is 43.4 Å². The molecule has 0 rings (SSSR count). The highest BCUT2D eigenvalue weighted by molar-refractivity contribution is 5.95. The normalized spacial score (nSPS) is 14.1. The number of carboxylic acids is 1. The van der Waals surface area contributed by atoms with Crippen LogP contribution in [0.2, 0.25) is 0 Å². The van der Waals surface area contributed by atoms with Gasteiger partial charge in [-0.1, -0.05) is 41.5 Å². The van der Waals surface area contributed by atoms with Gasteiger partial charge in [-0.15, -0.1) is 0 Å². The molecule has 0 saturated heterocycles. The van der Waals surface area contributed by atoms with Crippen LogP contribution in [0.15, 0.2) is 9.98 Å². The molecule has 48 heavy (non-hydrogen) atoms. The summed E-state index contributed by atoms with van der Waals surface area (Å²) in [5.41, 5.74) is 27.2. The van der Waals surface area contributed by atoms with E-state index in [1.807, 2.05) is 0 Å². The molecule has 16 N–H and O–H groups in total. The molecule has 274 valence electrons. The van der Waals surface area contributed by atoms with E-state index in [1.54, 1.807) is 41.5 Å². The number of nitrogens with zero attached hydrogens (tertiary/aromatic N) is 2. The summed E-state index contributed by atoms with van der Waals surface area (Å²) in [6, 6.07) is -5.56. The Hall–Kier alpha value is -4.68. The number of hydrogen-bond acceptors (Lipinski definition) is 9. The van der Waals surface area contributed by atoms with Gasteiger partial charge >= 0.3 is 5.97 Å². The van der Waals surface area contributed by atoms with Gasteiger partial charge in [-0.2, -0.15) is 0 Å². The van der Waals surface area contributed by atoms with Crippen LogP contribution in [0.5, 0.6) is 0 Å².